The van der Waals surface area contributed by atoms with E-state index in [-0.39, 0.29) is 0 Å². The molecule has 9 aromatic carbocycles. The van der Waals surface area contributed by atoms with Crippen molar-refractivity contribution in [1.29, 1.82) is 0 Å². The predicted octanol–water partition coefficient (Wildman–Crippen LogP) is 14.2. The van der Waals surface area contributed by atoms with E-state index in [1.807, 2.05) is 29.5 Å². The summed E-state index contributed by atoms with van der Waals surface area (Å²) in [5.41, 5.74) is 9.91. The van der Waals surface area contributed by atoms with Crippen molar-refractivity contribution in [3.05, 3.63) is 182 Å². The molecule has 0 fully saturated rings. The van der Waals surface area contributed by atoms with Crippen LogP contribution in [0.2, 0.25) is 0 Å². The van der Waals surface area contributed by atoms with Crippen molar-refractivity contribution in [2.75, 3.05) is 0 Å². The number of hydrogen-bond acceptors (Lipinski definition) is 1. The van der Waals surface area contributed by atoms with Gasteiger partial charge in [-0.1, -0.05) is 164 Å². The fourth-order valence-corrected chi connectivity index (χ4v) is 8.90. The molecule has 0 saturated heterocycles. The molecule has 0 spiro atoms. The van der Waals surface area contributed by atoms with E-state index in [1.54, 1.807) is 0 Å². The summed E-state index contributed by atoms with van der Waals surface area (Å²) >= 11 is 1.89. The van der Waals surface area contributed by atoms with Gasteiger partial charge in [-0.15, -0.1) is 11.3 Å². The van der Waals surface area contributed by atoms with Crippen LogP contribution < -0.4 is 0 Å². The molecule has 0 nitrogen and oxygen atoms in total. The zero-order chi connectivity index (χ0) is 33.2. The summed E-state index contributed by atoms with van der Waals surface area (Å²) in [4.78, 5) is 0. The molecule has 0 saturated carbocycles. The fourth-order valence-electron chi connectivity index (χ4n) is 7.68. The van der Waals surface area contributed by atoms with Gasteiger partial charge < -0.3 is 0 Å². The van der Waals surface area contributed by atoms with Crippen LogP contribution in [0.1, 0.15) is 1.37 Å². The van der Waals surface area contributed by atoms with Crippen LogP contribution in [0.15, 0.2) is 182 Å². The Morgan fingerprint density at radius 2 is 0.959 bits per heavy atom. The lowest BCUT2D eigenvalue weighted by Gasteiger charge is -2.18. The maximum atomic E-state index is 7.97. The van der Waals surface area contributed by atoms with Crippen molar-refractivity contribution in [3.8, 4) is 44.5 Å². The van der Waals surface area contributed by atoms with Gasteiger partial charge in [0.15, 0.2) is 0 Å². The lowest BCUT2D eigenvalue weighted by molar-refractivity contribution is 1.63. The molecule has 0 amide bonds. The molecule has 0 N–H and O–H groups in total. The summed E-state index contributed by atoms with van der Waals surface area (Å²) < 4.78 is 10.6. The van der Waals surface area contributed by atoms with Gasteiger partial charge >= 0.3 is 0 Å². The Labute approximate surface area is 290 Å². The van der Waals surface area contributed by atoms with Gasteiger partial charge in [-0.2, -0.15) is 0 Å². The van der Waals surface area contributed by atoms with Crippen molar-refractivity contribution >= 4 is 63.8 Å². The molecule has 0 unspecified atom stereocenters. The second-order valence-corrected chi connectivity index (χ2v) is 13.8. The largest absolute Gasteiger partial charge is 0.135 e. The molecule has 10 aromatic rings. The van der Waals surface area contributed by atoms with Crippen molar-refractivity contribution in [2.24, 2.45) is 0 Å². The van der Waals surface area contributed by atoms with Crippen molar-refractivity contribution in [1.82, 2.24) is 0 Å². The molecular weight excluding hydrogens is 609 g/mol. The third-order valence-corrected chi connectivity index (χ3v) is 11.2. The molecule has 10 rings (SSSR count). The third-order valence-electron chi connectivity index (χ3n) is 9.99. The highest BCUT2D eigenvalue weighted by Crippen LogP contribution is 2.46. The Hall–Kier alpha value is -6.02. The SMILES string of the molecule is [2H]c1ccc2cc(-c3ccc(-c4c5ccccc5c(-c5ccc6sc7c(-c8ccccc8)cccc7c6c5)c5ccccc45)cc3)ccc2c1. The van der Waals surface area contributed by atoms with Crippen LogP contribution >= 0.6 is 11.3 Å². The number of thiophene rings is 1. The van der Waals surface area contributed by atoms with E-state index < -0.39 is 0 Å². The highest BCUT2D eigenvalue weighted by atomic mass is 32.1. The van der Waals surface area contributed by atoms with Crippen molar-refractivity contribution < 1.29 is 1.37 Å². The molecule has 0 radical (unpaired) electrons. The van der Waals surface area contributed by atoms with Gasteiger partial charge in [-0.25, -0.2) is 0 Å². The van der Waals surface area contributed by atoms with Crippen LogP contribution in [0, 0.1) is 0 Å². The highest BCUT2D eigenvalue weighted by Gasteiger charge is 2.18. The average Bonchev–Trinajstić information content (AvgIpc) is 3.55. The first-order chi connectivity index (χ1) is 24.7. The normalized spacial score (nSPS) is 12.0. The highest BCUT2D eigenvalue weighted by molar-refractivity contribution is 7.26. The maximum Gasteiger partial charge on any atom is 0.0623 e. The van der Waals surface area contributed by atoms with Crippen LogP contribution in [-0.4, -0.2) is 0 Å². The van der Waals surface area contributed by atoms with E-state index in [1.165, 1.54) is 86.2 Å². The Morgan fingerprint density at radius 3 is 1.69 bits per heavy atom. The topological polar surface area (TPSA) is 0 Å². The Kier molecular flexibility index (Phi) is 6.22. The monoisotopic (exact) mass is 639 g/mol. The van der Waals surface area contributed by atoms with Gasteiger partial charge in [-0.05, 0) is 95.0 Å². The molecule has 1 heteroatoms. The first-order valence-corrected chi connectivity index (χ1v) is 17.6. The average molecular weight is 640 g/mol. The van der Waals surface area contributed by atoms with Crippen LogP contribution in [0.3, 0.4) is 0 Å². The van der Waals surface area contributed by atoms with Crippen LogP contribution in [0.25, 0.3) is 97.0 Å². The number of fused-ring (bicyclic) bond motifs is 6. The lowest BCUT2D eigenvalue weighted by atomic mass is 9.85. The Bertz CT molecular complexity index is 2860. The zero-order valence-electron chi connectivity index (χ0n) is 27.7. The molecule has 0 bridgehead atoms. The van der Waals surface area contributed by atoms with Gasteiger partial charge in [0.05, 0.1) is 1.37 Å². The molecule has 49 heavy (non-hydrogen) atoms. The number of benzene rings is 9. The lowest BCUT2D eigenvalue weighted by Crippen LogP contribution is -1.91. The zero-order valence-corrected chi connectivity index (χ0v) is 27.5. The quantitative estimate of drug-likeness (QED) is 0.168. The molecule has 1 heterocycles. The van der Waals surface area contributed by atoms with Gasteiger partial charge in [-0.3, -0.25) is 0 Å². The molecule has 0 aliphatic heterocycles. The van der Waals surface area contributed by atoms with Crippen molar-refractivity contribution in [2.45, 2.75) is 0 Å². The summed E-state index contributed by atoms with van der Waals surface area (Å²) in [6.07, 6.45) is 0. The van der Waals surface area contributed by atoms with E-state index in [4.69, 9.17) is 1.37 Å². The van der Waals surface area contributed by atoms with E-state index in [2.05, 4.69) is 158 Å². The van der Waals surface area contributed by atoms with Crippen LogP contribution in [0.4, 0.5) is 0 Å². The molecule has 0 atom stereocenters. The van der Waals surface area contributed by atoms with Gasteiger partial charge in [0.1, 0.15) is 0 Å². The molecule has 0 aliphatic rings. The third kappa shape index (κ3) is 4.58. The summed E-state index contributed by atoms with van der Waals surface area (Å²) in [6.45, 7) is 0. The predicted molar refractivity (Wildman–Crippen MR) is 214 cm³/mol. The second kappa shape index (κ2) is 11.3. The minimum absolute atomic E-state index is 0.540. The number of hydrogen-bond donors (Lipinski definition) is 0. The van der Waals surface area contributed by atoms with E-state index in [0.717, 1.165) is 10.8 Å². The van der Waals surface area contributed by atoms with E-state index in [0.29, 0.717) is 6.04 Å². The standard InChI is InChI=1S/C48H30S/c1-2-12-33(13-3-1)38-19-10-20-43-44-30-37(27-28-45(44)49-48(38)43)47-41-17-8-6-15-39(41)46(40-16-7-9-18-42(40)47)34-24-21-32(22-25-34)36-26-23-31-11-4-5-14-35(31)29-36/h1-30H/i4D. The van der Waals surface area contributed by atoms with Gasteiger partial charge in [0.2, 0.25) is 0 Å². The van der Waals surface area contributed by atoms with E-state index >= 15 is 0 Å². The van der Waals surface area contributed by atoms with E-state index in [9.17, 15) is 0 Å². The first-order valence-electron chi connectivity index (χ1n) is 17.3. The Morgan fingerprint density at radius 1 is 0.347 bits per heavy atom. The van der Waals surface area contributed by atoms with Crippen LogP contribution in [-0.2, 0) is 0 Å². The fraction of sp³-hybridized carbons (Fsp3) is 0. The summed E-state index contributed by atoms with van der Waals surface area (Å²) in [5.74, 6) is 0. The minimum Gasteiger partial charge on any atom is -0.135 e. The first kappa shape index (κ1) is 27.0. The molecule has 1 aromatic heterocycles. The minimum atomic E-state index is 0.540. The smallest absolute Gasteiger partial charge is 0.0623 e. The summed E-state index contributed by atoms with van der Waals surface area (Å²) in [6, 6.07) is 64.2. The van der Waals surface area contributed by atoms with Crippen LogP contribution in [0.5, 0.6) is 0 Å². The maximum absolute atomic E-state index is 7.97. The number of rotatable bonds is 4. The second-order valence-electron chi connectivity index (χ2n) is 12.8. The Balaban J connectivity index is 1.14. The summed E-state index contributed by atoms with van der Waals surface area (Å²) in [7, 11) is 0. The molecule has 0 aliphatic carbocycles. The molecule has 228 valence electrons. The van der Waals surface area contributed by atoms with Gasteiger partial charge in [0.25, 0.3) is 0 Å². The molecular formula is C48H30S. The summed E-state index contributed by atoms with van der Waals surface area (Å²) in [5, 5.41) is 9.91. The van der Waals surface area contributed by atoms with Gasteiger partial charge in [0, 0.05) is 20.2 Å². The van der Waals surface area contributed by atoms with Crippen molar-refractivity contribution in [3.63, 3.8) is 0 Å².